The monoisotopic (exact) mass is 248 g/mol. The molecule has 17 heavy (non-hydrogen) atoms. The van der Waals surface area contributed by atoms with Crippen LogP contribution in [-0.2, 0) is 0 Å². The molecule has 0 aliphatic carbocycles. The fourth-order valence-electron chi connectivity index (χ4n) is 2.24. The van der Waals surface area contributed by atoms with Gasteiger partial charge < -0.3 is 14.8 Å². The second kappa shape index (κ2) is 4.23. The highest BCUT2D eigenvalue weighted by molar-refractivity contribution is 7.80. The third kappa shape index (κ3) is 2.12. The summed E-state index contributed by atoms with van der Waals surface area (Å²) < 4.78 is 0. The van der Waals surface area contributed by atoms with Gasteiger partial charge >= 0.3 is 0 Å². The molecule has 4 nitrogen and oxygen atoms in total. The van der Waals surface area contributed by atoms with Crippen LogP contribution in [0.4, 0.5) is 5.69 Å². The Morgan fingerprint density at radius 2 is 2.00 bits per heavy atom. The Bertz CT molecular complexity index is 528. The first-order valence-corrected chi connectivity index (χ1v) is 6.29. The molecule has 1 aromatic heterocycles. The van der Waals surface area contributed by atoms with E-state index in [0.29, 0.717) is 5.16 Å². The van der Waals surface area contributed by atoms with Gasteiger partial charge in [0.15, 0.2) is 5.16 Å². The highest BCUT2D eigenvalue weighted by Crippen LogP contribution is 2.22. The highest BCUT2D eigenvalue weighted by atomic mass is 32.1. The zero-order valence-corrected chi connectivity index (χ0v) is 10.7. The Kier molecular flexibility index (Phi) is 2.72. The number of piperazine rings is 1. The standard InChI is InChI=1S/C12H16N4S/c1-15-4-6-16(7-5-15)9-2-3-10-11(8-9)14-12(17)13-10/h2-3,8H,4-7H2,1H3,(H2,13,14,17). The van der Waals surface area contributed by atoms with Crippen molar-refractivity contribution in [2.24, 2.45) is 0 Å². The first-order valence-electron chi connectivity index (χ1n) is 5.84. The number of nitrogens with zero attached hydrogens (tertiary/aromatic N) is 3. The van der Waals surface area contributed by atoms with Crippen LogP contribution >= 0.6 is 12.6 Å². The molecule has 5 heteroatoms. The number of anilines is 1. The molecule has 90 valence electrons. The smallest absolute Gasteiger partial charge is 0.163 e. The van der Waals surface area contributed by atoms with E-state index in [4.69, 9.17) is 0 Å². The quantitative estimate of drug-likeness (QED) is 0.753. The van der Waals surface area contributed by atoms with E-state index in [9.17, 15) is 0 Å². The zero-order chi connectivity index (χ0) is 11.8. The van der Waals surface area contributed by atoms with E-state index in [2.05, 4.69) is 57.6 Å². The molecule has 0 spiro atoms. The summed E-state index contributed by atoms with van der Waals surface area (Å²) in [6.45, 7) is 4.41. The molecule has 1 aromatic carbocycles. The first kappa shape index (κ1) is 10.9. The minimum absolute atomic E-state index is 0.676. The van der Waals surface area contributed by atoms with Crippen LogP contribution in [0.2, 0.25) is 0 Å². The normalized spacial score (nSPS) is 17.9. The van der Waals surface area contributed by atoms with Crippen LogP contribution in [0, 0.1) is 0 Å². The maximum Gasteiger partial charge on any atom is 0.163 e. The number of nitrogens with one attached hydrogen (secondary N) is 1. The molecule has 3 rings (SSSR count). The number of thiol groups is 1. The number of aromatic amines is 1. The second-order valence-corrected chi connectivity index (χ2v) is 4.98. The Morgan fingerprint density at radius 1 is 1.24 bits per heavy atom. The maximum absolute atomic E-state index is 4.36. The van der Waals surface area contributed by atoms with E-state index in [0.717, 1.165) is 37.2 Å². The molecule has 2 aromatic rings. The number of fused-ring (bicyclic) bond motifs is 1. The fourth-order valence-corrected chi connectivity index (χ4v) is 2.47. The van der Waals surface area contributed by atoms with Crippen LogP contribution in [0.1, 0.15) is 0 Å². The molecular formula is C12H16N4S. The van der Waals surface area contributed by atoms with Gasteiger partial charge in [0.2, 0.25) is 0 Å². The van der Waals surface area contributed by atoms with Crippen LogP contribution in [-0.4, -0.2) is 48.1 Å². The summed E-state index contributed by atoms with van der Waals surface area (Å²) in [7, 11) is 2.17. The van der Waals surface area contributed by atoms with E-state index < -0.39 is 0 Å². The molecule has 2 heterocycles. The van der Waals surface area contributed by atoms with Gasteiger partial charge in [-0.1, -0.05) is 0 Å². The third-order valence-corrected chi connectivity index (χ3v) is 3.53. The number of likely N-dealkylation sites (N-methyl/N-ethyl adjacent to an activating group) is 1. The summed E-state index contributed by atoms with van der Waals surface area (Å²) in [6.07, 6.45) is 0. The molecule has 1 N–H and O–H groups in total. The Labute approximate surface area is 106 Å². The van der Waals surface area contributed by atoms with E-state index in [1.165, 1.54) is 5.69 Å². The maximum atomic E-state index is 4.36. The topological polar surface area (TPSA) is 35.2 Å². The number of imidazole rings is 1. The molecule has 0 unspecified atom stereocenters. The van der Waals surface area contributed by atoms with Crippen molar-refractivity contribution in [3.05, 3.63) is 18.2 Å². The molecule has 0 atom stereocenters. The number of rotatable bonds is 1. The van der Waals surface area contributed by atoms with Crippen LogP contribution in [0.3, 0.4) is 0 Å². The first-order chi connectivity index (χ1) is 8.22. The molecule has 0 bridgehead atoms. The number of aromatic nitrogens is 2. The fraction of sp³-hybridized carbons (Fsp3) is 0.417. The van der Waals surface area contributed by atoms with Gasteiger partial charge in [0, 0.05) is 31.9 Å². The summed E-state index contributed by atoms with van der Waals surface area (Å²) in [5.74, 6) is 0. The lowest BCUT2D eigenvalue weighted by Gasteiger charge is -2.34. The largest absolute Gasteiger partial charge is 0.369 e. The van der Waals surface area contributed by atoms with Crippen molar-refractivity contribution in [1.29, 1.82) is 0 Å². The van der Waals surface area contributed by atoms with E-state index in [1.807, 2.05) is 0 Å². The molecule has 0 amide bonds. The molecule has 1 aliphatic heterocycles. The average molecular weight is 248 g/mol. The van der Waals surface area contributed by atoms with Crippen LogP contribution in [0.15, 0.2) is 23.4 Å². The van der Waals surface area contributed by atoms with Crippen molar-refractivity contribution >= 4 is 29.3 Å². The lowest BCUT2D eigenvalue weighted by molar-refractivity contribution is 0.313. The van der Waals surface area contributed by atoms with Crippen molar-refractivity contribution in [2.75, 3.05) is 38.1 Å². The molecule has 0 radical (unpaired) electrons. The predicted octanol–water partition coefficient (Wildman–Crippen LogP) is 1.60. The molecular weight excluding hydrogens is 232 g/mol. The zero-order valence-electron chi connectivity index (χ0n) is 9.85. The van der Waals surface area contributed by atoms with Crippen LogP contribution < -0.4 is 4.90 Å². The Morgan fingerprint density at radius 3 is 2.76 bits per heavy atom. The molecule has 0 saturated carbocycles. The second-order valence-electron chi connectivity index (χ2n) is 4.55. The number of H-pyrrole nitrogens is 1. The Hall–Kier alpha value is -1.20. The van der Waals surface area contributed by atoms with Crippen molar-refractivity contribution in [3.63, 3.8) is 0 Å². The number of benzene rings is 1. The van der Waals surface area contributed by atoms with E-state index in [1.54, 1.807) is 0 Å². The van der Waals surface area contributed by atoms with Gasteiger partial charge in [-0.05, 0) is 25.2 Å². The molecule has 1 aliphatic rings. The van der Waals surface area contributed by atoms with Crippen molar-refractivity contribution in [3.8, 4) is 0 Å². The van der Waals surface area contributed by atoms with Crippen LogP contribution in [0.5, 0.6) is 0 Å². The minimum Gasteiger partial charge on any atom is -0.369 e. The van der Waals surface area contributed by atoms with Crippen LogP contribution in [0.25, 0.3) is 11.0 Å². The Balaban J connectivity index is 1.89. The average Bonchev–Trinajstić information content (AvgIpc) is 2.69. The lowest BCUT2D eigenvalue weighted by Crippen LogP contribution is -2.44. The molecule has 1 saturated heterocycles. The van der Waals surface area contributed by atoms with Gasteiger partial charge in [-0.25, -0.2) is 4.98 Å². The van der Waals surface area contributed by atoms with E-state index in [-0.39, 0.29) is 0 Å². The number of hydrogen-bond donors (Lipinski definition) is 2. The summed E-state index contributed by atoms with van der Waals surface area (Å²) in [6, 6.07) is 6.37. The summed E-state index contributed by atoms with van der Waals surface area (Å²) >= 11 is 4.23. The predicted molar refractivity (Wildman–Crippen MR) is 73.1 cm³/mol. The van der Waals surface area contributed by atoms with Crippen molar-refractivity contribution in [1.82, 2.24) is 14.9 Å². The molecule has 1 fully saturated rings. The number of hydrogen-bond acceptors (Lipinski definition) is 4. The van der Waals surface area contributed by atoms with Gasteiger partial charge in [0.1, 0.15) is 0 Å². The SMILES string of the molecule is CN1CCN(c2ccc3[nH]c(S)nc3c2)CC1. The minimum atomic E-state index is 0.676. The van der Waals surface area contributed by atoms with Gasteiger partial charge in [-0.3, -0.25) is 0 Å². The summed E-state index contributed by atoms with van der Waals surface area (Å²) in [4.78, 5) is 12.2. The lowest BCUT2D eigenvalue weighted by atomic mass is 10.2. The summed E-state index contributed by atoms with van der Waals surface area (Å²) in [5.41, 5.74) is 3.30. The van der Waals surface area contributed by atoms with Gasteiger partial charge in [-0.15, -0.1) is 12.6 Å². The third-order valence-electron chi connectivity index (χ3n) is 3.32. The van der Waals surface area contributed by atoms with Gasteiger partial charge in [0.05, 0.1) is 11.0 Å². The summed E-state index contributed by atoms with van der Waals surface area (Å²) in [5, 5.41) is 0.676. The van der Waals surface area contributed by atoms with Crippen molar-refractivity contribution < 1.29 is 0 Å². The van der Waals surface area contributed by atoms with Crippen molar-refractivity contribution in [2.45, 2.75) is 5.16 Å². The van der Waals surface area contributed by atoms with E-state index >= 15 is 0 Å². The van der Waals surface area contributed by atoms with Gasteiger partial charge in [0.25, 0.3) is 0 Å². The highest BCUT2D eigenvalue weighted by Gasteiger charge is 2.14. The van der Waals surface area contributed by atoms with Gasteiger partial charge in [-0.2, -0.15) is 0 Å².